The largest absolute Gasteiger partial charge is 0.512 e. The van der Waals surface area contributed by atoms with Crippen LogP contribution in [0.25, 0.3) is 10.9 Å². The van der Waals surface area contributed by atoms with Crippen LogP contribution in [0.15, 0.2) is 41.3 Å². The summed E-state index contributed by atoms with van der Waals surface area (Å²) >= 11 is 0. The van der Waals surface area contributed by atoms with Gasteiger partial charge in [0.15, 0.2) is 0 Å². The second-order valence-corrected chi connectivity index (χ2v) is 4.83. The number of hydrogen-bond donors (Lipinski definition) is 2. The third kappa shape index (κ3) is 2.32. The van der Waals surface area contributed by atoms with Gasteiger partial charge in [-0.3, -0.25) is 4.79 Å². The molecule has 22 heavy (non-hydrogen) atoms. The number of benzene rings is 1. The fourth-order valence-corrected chi connectivity index (χ4v) is 2.48. The number of aromatic amines is 1. The van der Waals surface area contributed by atoms with Crippen molar-refractivity contribution in [3.63, 3.8) is 0 Å². The average molecular weight is 299 g/mol. The SMILES string of the molecule is Cc1c(OC(=O)O)n(Cc2ccccc2)c2c(=O)[nH]ncc12. The molecule has 1 aromatic carbocycles. The van der Waals surface area contributed by atoms with E-state index in [-0.39, 0.29) is 5.88 Å². The van der Waals surface area contributed by atoms with Crippen LogP contribution in [0.3, 0.4) is 0 Å². The van der Waals surface area contributed by atoms with E-state index in [0.717, 1.165) is 5.56 Å². The Morgan fingerprint density at radius 3 is 2.77 bits per heavy atom. The number of hydrogen-bond acceptors (Lipinski definition) is 4. The summed E-state index contributed by atoms with van der Waals surface area (Å²) in [6, 6.07) is 9.41. The molecule has 0 radical (unpaired) electrons. The fourth-order valence-electron chi connectivity index (χ4n) is 2.48. The number of nitrogens with zero attached hydrogens (tertiary/aromatic N) is 2. The molecule has 0 fully saturated rings. The zero-order valence-corrected chi connectivity index (χ0v) is 11.7. The van der Waals surface area contributed by atoms with Crippen LogP contribution < -0.4 is 10.3 Å². The molecule has 3 rings (SSSR count). The highest BCUT2D eigenvalue weighted by Crippen LogP contribution is 2.30. The fraction of sp³-hybridized carbons (Fsp3) is 0.133. The molecule has 0 aliphatic carbocycles. The van der Waals surface area contributed by atoms with Gasteiger partial charge in [0.25, 0.3) is 5.56 Å². The highest BCUT2D eigenvalue weighted by atomic mass is 16.7. The average Bonchev–Trinajstić information content (AvgIpc) is 2.75. The van der Waals surface area contributed by atoms with E-state index in [0.29, 0.717) is 23.0 Å². The number of carbonyl (C=O) groups is 1. The van der Waals surface area contributed by atoms with Gasteiger partial charge in [0, 0.05) is 10.9 Å². The first-order chi connectivity index (χ1) is 10.6. The van der Waals surface area contributed by atoms with Crippen LogP contribution in [0.1, 0.15) is 11.1 Å². The topological polar surface area (TPSA) is 97.2 Å². The minimum absolute atomic E-state index is 0.129. The van der Waals surface area contributed by atoms with Crippen molar-refractivity contribution in [1.82, 2.24) is 14.8 Å². The van der Waals surface area contributed by atoms with Gasteiger partial charge in [-0.2, -0.15) is 5.10 Å². The Labute approximate surface area is 124 Å². The smallest absolute Gasteiger partial charge is 0.449 e. The number of nitrogens with one attached hydrogen (secondary N) is 1. The Morgan fingerprint density at radius 1 is 1.36 bits per heavy atom. The van der Waals surface area contributed by atoms with Crippen LogP contribution in [0, 0.1) is 6.92 Å². The lowest BCUT2D eigenvalue weighted by molar-refractivity contribution is 0.140. The van der Waals surface area contributed by atoms with Gasteiger partial charge in [0.2, 0.25) is 5.88 Å². The molecule has 0 saturated heterocycles. The summed E-state index contributed by atoms with van der Waals surface area (Å²) in [6.45, 7) is 2.02. The molecule has 0 atom stereocenters. The molecule has 7 nitrogen and oxygen atoms in total. The summed E-state index contributed by atoms with van der Waals surface area (Å²) in [5, 5.41) is 15.6. The van der Waals surface area contributed by atoms with Crippen molar-refractivity contribution >= 4 is 17.1 Å². The molecule has 0 unspecified atom stereocenters. The van der Waals surface area contributed by atoms with E-state index >= 15 is 0 Å². The second kappa shape index (κ2) is 5.36. The van der Waals surface area contributed by atoms with E-state index in [9.17, 15) is 9.59 Å². The van der Waals surface area contributed by atoms with Crippen molar-refractivity contribution in [2.75, 3.05) is 0 Å². The van der Waals surface area contributed by atoms with E-state index in [1.165, 1.54) is 6.20 Å². The number of aromatic nitrogens is 3. The highest BCUT2D eigenvalue weighted by Gasteiger charge is 2.20. The lowest BCUT2D eigenvalue weighted by atomic mass is 10.2. The molecule has 112 valence electrons. The standard InChI is InChI=1S/C15H13N3O4/c1-9-11-7-16-17-13(19)12(11)18(14(9)22-15(20)21)8-10-5-3-2-4-6-10/h2-7H,8H2,1H3,(H,17,19)(H,20,21). The Hall–Kier alpha value is -3.09. The lowest BCUT2D eigenvalue weighted by Crippen LogP contribution is -2.15. The Kier molecular flexibility index (Phi) is 3.38. The van der Waals surface area contributed by atoms with Crippen LogP contribution in [-0.4, -0.2) is 26.0 Å². The van der Waals surface area contributed by atoms with Gasteiger partial charge < -0.3 is 14.4 Å². The predicted molar refractivity (Wildman–Crippen MR) is 79.3 cm³/mol. The first kappa shape index (κ1) is 13.9. The highest BCUT2D eigenvalue weighted by molar-refractivity contribution is 5.86. The van der Waals surface area contributed by atoms with Crippen LogP contribution in [0.5, 0.6) is 5.88 Å². The summed E-state index contributed by atoms with van der Waals surface area (Å²) in [7, 11) is 0. The molecule has 0 aliphatic heterocycles. The van der Waals surface area contributed by atoms with Gasteiger partial charge in [0.05, 0.1) is 12.7 Å². The number of aryl methyl sites for hydroxylation is 1. The first-order valence-electron chi connectivity index (χ1n) is 6.59. The van der Waals surface area contributed by atoms with Crippen LogP contribution in [0.4, 0.5) is 4.79 Å². The van der Waals surface area contributed by atoms with E-state index < -0.39 is 11.7 Å². The normalized spacial score (nSPS) is 10.8. The van der Waals surface area contributed by atoms with E-state index in [4.69, 9.17) is 9.84 Å². The molecular formula is C15H13N3O4. The molecule has 7 heteroatoms. The molecule has 2 aromatic heterocycles. The number of fused-ring (bicyclic) bond motifs is 1. The summed E-state index contributed by atoms with van der Waals surface area (Å²) in [5.74, 6) is 0.129. The maximum Gasteiger partial charge on any atom is 0.512 e. The number of H-pyrrole nitrogens is 1. The lowest BCUT2D eigenvalue weighted by Gasteiger charge is -2.09. The van der Waals surface area contributed by atoms with Crippen LogP contribution in [0.2, 0.25) is 0 Å². The Bertz CT molecular complexity index is 896. The Morgan fingerprint density at radius 2 is 2.09 bits per heavy atom. The number of ether oxygens (including phenoxy) is 1. The molecule has 2 N–H and O–H groups in total. The van der Waals surface area contributed by atoms with Crippen molar-refractivity contribution in [3.05, 3.63) is 58.0 Å². The number of carboxylic acid groups (broad SMARTS) is 1. The van der Waals surface area contributed by atoms with Gasteiger partial charge in [-0.05, 0) is 12.5 Å². The predicted octanol–water partition coefficient (Wildman–Crippen LogP) is 2.14. The van der Waals surface area contributed by atoms with E-state index in [1.54, 1.807) is 11.5 Å². The summed E-state index contributed by atoms with van der Waals surface area (Å²) in [6.07, 6.45) is 0.0621. The van der Waals surface area contributed by atoms with Crippen molar-refractivity contribution in [2.45, 2.75) is 13.5 Å². The zero-order valence-electron chi connectivity index (χ0n) is 11.7. The molecule has 0 bridgehead atoms. The van der Waals surface area contributed by atoms with Gasteiger partial charge in [0.1, 0.15) is 5.52 Å². The third-order valence-corrected chi connectivity index (χ3v) is 3.44. The van der Waals surface area contributed by atoms with Gasteiger partial charge >= 0.3 is 6.16 Å². The first-order valence-corrected chi connectivity index (χ1v) is 6.59. The van der Waals surface area contributed by atoms with Gasteiger partial charge in [-0.1, -0.05) is 30.3 Å². The minimum Gasteiger partial charge on any atom is -0.449 e. The monoisotopic (exact) mass is 299 g/mol. The maximum atomic E-state index is 12.1. The molecule has 0 spiro atoms. The van der Waals surface area contributed by atoms with Crippen molar-refractivity contribution in [3.8, 4) is 5.88 Å². The quantitative estimate of drug-likeness (QED) is 0.722. The van der Waals surface area contributed by atoms with Crippen LogP contribution >= 0.6 is 0 Å². The molecule has 2 heterocycles. The second-order valence-electron chi connectivity index (χ2n) is 4.83. The number of rotatable bonds is 3. The van der Waals surface area contributed by atoms with E-state index in [1.807, 2.05) is 30.3 Å². The minimum atomic E-state index is -1.43. The van der Waals surface area contributed by atoms with E-state index in [2.05, 4.69) is 10.2 Å². The molecule has 0 aliphatic rings. The summed E-state index contributed by atoms with van der Waals surface area (Å²) in [4.78, 5) is 23.0. The molecular weight excluding hydrogens is 286 g/mol. The van der Waals surface area contributed by atoms with Gasteiger partial charge in [-0.25, -0.2) is 9.89 Å². The molecule has 3 aromatic rings. The van der Waals surface area contributed by atoms with Gasteiger partial charge in [-0.15, -0.1) is 0 Å². The zero-order chi connectivity index (χ0) is 15.7. The van der Waals surface area contributed by atoms with Crippen molar-refractivity contribution in [2.24, 2.45) is 0 Å². The van der Waals surface area contributed by atoms with Crippen molar-refractivity contribution in [1.29, 1.82) is 0 Å². The maximum absolute atomic E-state index is 12.1. The molecule has 0 saturated carbocycles. The Balaban J connectivity index is 2.25. The summed E-state index contributed by atoms with van der Waals surface area (Å²) in [5.41, 5.74) is 1.43. The van der Waals surface area contributed by atoms with Crippen LogP contribution in [-0.2, 0) is 6.54 Å². The van der Waals surface area contributed by atoms with Crippen molar-refractivity contribution < 1.29 is 14.6 Å². The third-order valence-electron chi connectivity index (χ3n) is 3.44. The summed E-state index contributed by atoms with van der Waals surface area (Å²) < 4.78 is 6.44. The molecule has 0 amide bonds.